The summed E-state index contributed by atoms with van der Waals surface area (Å²) in [4.78, 5) is 8.06. The highest BCUT2D eigenvalue weighted by atomic mass is 32.2. The van der Waals surface area contributed by atoms with Gasteiger partial charge in [0.2, 0.25) is 0 Å². The Hall–Kier alpha value is -1.76. The van der Waals surface area contributed by atoms with Crippen LogP contribution >= 0.6 is 11.8 Å². The quantitative estimate of drug-likeness (QED) is 0.589. The second-order valence-corrected chi connectivity index (χ2v) is 3.76. The standard InChI is InChI=1S/C8H9N5OS/c9-6-1-7(10)13-8(12-6)15-4-5-2-11-14-3-5/h1-3H,4H2,(H4,9,10,12,13). The van der Waals surface area contributed by atoms with Crippen LogP contribution in [0.3, 0.4) is 0 Å². The van der Waals surface area contributed by atoms with Crippen LogP contribution in [-0.4, -0.2) is 15.1 Å². The Kier molecular flexibility index (Phi) is 2.72. The predicted octanol–water partition coefficient (Wildman–Crippen LogP) is 0.921. The first-order valence-corrected chi connectivity index (χ1v) is 5.13. The number of thioether (sulfide) groups is 1. The number of aromatic nitrogens is 3. The molecule has 0 fully saturated rings. The van der Waals surface area contributed by atoms with E-state index in [2.05, 4.69) is 15.1 Å². The highest BCUT2D eigenvalue weighted by Crippen LogP contribution is 2.20. The van der Waals surface area contributed by atoms with Crippen LogP contribution in [-0.2, 0) is 5.75 Å². The first kappa shape index (κ1) is 9.78. The molecule has 0 amide bonds. The van der Waals surface area contributed by atoms with Gasteiger partial charge in [0.15, 0.2) is 5.16 Å². The van der Waals surface area contributed by atoms with E-state index in [4.69, 9.17) is 16.0 Å². The highest BCUT2D eigenvalue weighted by molar-refractivity contribution is 7.98. The number of anilines is 2. The molecule has 0 unspecified atom stereocenters. The molecule has 2 heterocycles. The Morgan fingerprint density at radius 1 is 1.27 bits per heavy atom. The van der Waals surface area contributed by atoms with Gasteiger partial charge in [-0.25, -0.2) is 9.97 Å². The van der Waals surface area contributed by atoms with E-state index >= 15 is 0 Å². The number of hydrogen-bond acceptors (Lipinski definition) is 7. The van der Waals surface area contributed by atoms with Crippen molar-refractivity contribution in [2.24, 2.45) is 0 Å². The number of nitrogen functional groups attached to an aromatic ring is 2. The van der Waals surface area contributed by atoms with Crippen LogP contribution in [0, 0.1) is 0 Å². The third-order valence-electron chi connectivity index (χ3n) is 1.60. The molecule has 0 spiro atoms. The van der Waals surface area contributed by atoms with Crippen LogP contribution in [0.15, 0.2) is 28.2 Å². The van der Waals surface area contributed by atoms with Crippen molar-refractivity contribution >= 4 is 23.4 Å². The fraction of sp³-hybridized carbons (Fsp3) is 0.125. The molecule has 4 N–H and O–H groups in total. The van der Waals surface area contributed by atoms with Gasteiger partial charge in [-0.3, -0.25) is 0 Å². The van der Waals surface area contributed by atoms with Gasteiger partial charge in [-0.2, -0.15) is 0 Å². The van der Waals surface area contributed by atoms with Crippen LogP contribution in [0.4, 0.5) is 11.6 Å². The average molecular weight is 223 g/mol. The highest BCUT2D eigenvalue weighted by Gasteiger charge is 2.03. The molecule has 0 bridgehead atoms. The van der Waals surface area contributed by atoms with Gasteiger partial charge in [-0.15, -0.1) is 0 Å². The summed E-state index contributed by atoms with van der Waals surface area (Å²) in [6.07, 6.45) is 3.21. The molecule has 2 aromatic rings. The third-order valence-corrected chi connectivity index (χ3v) is 2.52. The molecule has 6 nitrogen and oxygen atoms in total. The first-order valence-electron chi connectivity index (χ1n) is 4.15. The van der Waals surface area contributed by atoms with Crippen molar-refractivity contribution in [1.82, 2.24) is 15.1 Å². The lowest BCUT2D eigenvalue weighted by Crippen LogP contribution is -1.99. The predicted molar refractivity (Wildman–Crippen MR) is 56.9 cm³/mol. The van der Waals surface area contributed by atoms with Gasteiger partial charge in [-0.1, -0.05) is 16.9 Å². The number of hydrogen-bond donors (Lipinski definition) is 2. The molecule has 2 aromatic heterocycles. The SMILES string of the molecule is Nc1cc(N)nc(SCc2cnoc2)n1. The van der Waals surface area contributed by atoms with Crippen LogP contribution < -0.4 is 11.5 Å². The summed E-state index contributed by atoms with van der Waals surface area (Å²) in [5, 5.41) is 4.14. The van der Waals surface area contributed by atoms with Crippen LogP contribution in [0.1, 0.15) is 5.56 Å². The number of rotatable bonds is 3. The van der Waals surface area contributed by atoms with E-state index < -0.39 is 0 Å². The lowest BCUT2D eigenvalue weighted by Gasteiger charge is -2.00. The summed E-state index contributed by atoms with van der Waals surface area (Å²) in [6, 6.07) is 1.52. The molecule has 0 atom stereocenters. The monoisotopic (exact) mass is 223 g/mol. The summed E-state index contributed by atoms with van der Waals surface area (Å²) < 4.78 is 4.70. The molecule has 0 aliphatic heterocycles. The molecule has 15 heavy (non-hydrogen) atoms. The summed E-state index contributed by atoms with van der Waals surface area (Å²) in [5.74, 6) is 1.41. The minimum atomic E-state index is 0.371. The lowest BCUT2D eigenvalue weighted by molar-refractivity contribution is 0.419. The zero-order valence-corrected chi connectivity index (χ0v) is 8.57. The molecule has 78 valence electrons. The van der Waals surface area contributed by atoms with E-state index in [1.165, 1.54) is 17.8 Å². The Balaban J connectivity index is 2.05. The van der Waals surface area contributed by atoms with Gasteiger partial charge in [0.05, 0.1) is 6.20 Å². The fourth-order valence-electron chi connectivity index (χ4n) is 0.972. The zero-order valence-electron chi connectivity index (χ0n) is 7.75. The smallest absolute Gasteiger partial charge is 0.191 e. The lowest BCUT2D eigenvalue weighted by atomic mass is 10.4. The van der Waals surface area contributed by atoms with E-state index in [0.29, 0.717) is 22.5 Å². The van der Waals surface area contributed by atoms with Crippen molar-refractivity contribution in [1.29, 1.82) is 0 Å². The van der Waals surface area contributed by atoms with Crippen molar-refractivity contribution in [3.8, 4) is 0 Å². The second kappa shape index (κ2) is 4.18. The van der Waals surface area contributed by atoms with E-state index in [-0.39, 0.29) is 0 Å². The number of nitrogens with two attached hydrogens (primary N) is 2. The Bertz CT molecular complexity index is 424. The van der Waals surface area contributed by atoms with Gasteiger partial charge in [0.25, 0.3) is 0 Å². The maximum Gasteiger partial charge on any atom is 0.191 e. The molecule has 0 aliphatic rings. The topological polar surface area (TPSA) is 104 Å². The molecule has 0 radical (unpaired) electrons. The van der Waals surface area contributed by atoms with Crippen molar-refractivity contribution in [3.05, 3.63) is 24.1 Å². The second-order valence-electron chi connectivity index (χ2n) is 2.82. The van der Waals surface area contributed by atoms with Crippen LogP contribution in [0.25, 0.3) is 0 Å². The summed E-state index contributed by atoms with van der Waals surface area (Å²) in [6.45, 7) is 0. The molecule has 2 rings (SSSR count). The maximum atomic E-state index is 5.53. The molecule has 0 saturated carbocycles. The average Bonchev–Trinajstić information content (AvgIpc) is 2.65. The van der Waals surface area contributed by atoms with Gasteiger partial charge in [0, 0.05) is 17.4 Å². The van der Waals surface area contributed by atoms with Crippen molar-refractivity contribution < 1.29 is 4.52 Å². The molecule has 0 aromatic carbocycles. The summed E-state index contributed by atoms with van der Waals surface area (Å²) in [5.41, 5.74) is 12.0. The van der Waals surface area contributed by atoms with Gasteiger partial charge < -0.3 is 16.0 Å². The molecular weight excluding hydrogens is 214 g/mol. The zero-order chi connectivity index (χ0) is 10.7. The van der Waals surface area contributed by atoms with Gasteiger partial charge >= 0.3 is 0 Å². The summed E-state index contributed by atoms with van der Waals surface area (Å²) in [7, 11) is 0. The minimum Gasteiger partial charge on any atom is -0.383 e. The Morgan fingerprint density at radius 3 is 2.60 bits per heavy atom. The number of nitrogens with zero attached hydrogens (tertiary/aromatic N) is 3. The van der Waals surface area contributed by atoms with E-state index in [1.807, 2.05) is 0 Å². The van der Waals surface area contributed by atoms with E-state index in [1.54, 1.807) is 12.5 Å². The maximum absolute atomic E-state index is 5.53. The largest absolute Gasteiger partial charge is 0.383 e. The molecule has 0 saturated heterocycles. The Morgan fingerprint density at radius 2 is 2.00 bits per heavy atom. The Labute approximate surface area is 90.1 Å². The van der Waals surface area contributed by atoms with Crippen LogP contribution in [0.5, 0.6) is 0 Å². The van der Waals surface area contributed by atoms with Crippen LogP contribution in [0.2, 0.25) is 0 Å². The summed E-state index contributed by atoms with van der Waals surface area (Å²) >= 11 is 1.42. The first-order chi connectivity index (χ1) is 7.24. The minimum absolute atomic E-state index is 0.371. The van der Waals surface area contributed by atoms with Gasteiger partial charge in [0.1, 0.15) is 17.9 Å². The molecule has 7 heteroatoms. The fourth-order valence-corrected chi connectivity index (χ4v) is 1.75. The van der Waals surface area contributed by atoms with E-state index in [9.17, 15) is 0 Å². The van der Waals surface area contributed by atoms with E-state index in [0.717, 1.165) is 5.56 Å². The van der Waals surface area contributed by atoms with Crippen molar-refractivity contribution in [3.63, 3.8) is 0 Å². The molecule has 0 aliphatic carbocycles. The van der Waals surface area contributed by atoms with Crippen molar-refractivity contribution in [2.75, 3.05) is 11.5 Å². The third kappa shape index (κ3) is 2.59. The normalized spacial score (nSPS) is 10.4. The van der Waals surface area contributed by atoms with Gasteiger partial charge in [-0.05, 0) is 0 Å². The van der Waals surface area contributed by atoms with Crippen molar-refractivity contribution in [2.45, 2.75) is 10.9 Å². The molecular formula is C8H9N5OS.